The van der Waals surface area contributed by atoms with Gasteiger partial charge in [0.15, 0.2) is 5.78 Å². The highest BCUT2D eigenvalue weighted by Crippen LogP contribution is 2.55. The number of rotatable bonds is 5. The summed E-state index contributed by atoms with van der Waals surface area (Å²) >= 11 is 0. The average molecular weight is 308 g/mol. The van der Waals surface area contributed by atoms with Crippen molar-refractivity contribution in [2.75, 3.05) is 6.54 Å². The van der Waals surface area contributed by atoms with Gasteiger partial charge in [-0.05, 0) is 74.0 Å². The molecule has 0 aromatic heterocycles. The maximum atomic E-state index is 12.3. The first-order valence-electron chi connectivity index (χ1n) is 8.90. The second-order valence-electron chi connectivity index (χ2n) is 8.08. The number of carbonyl (C=O) groups excluding carboxylic acids is 1. The van der Waals surface area contributed by atoms with Crippen molar-refractivity contribution in [3.8, 4) is 6.07 Å². The van der Waals surface area contributed by atoms with Gasteiger partial charge in [-0.25, -0.2) is 0 Å². The maximum Gasteiger partial charge on any atom is 0.150 e. The summed E-state index contributed by atoms with van der Waals surface area (Å²) in [6, 6.07) is 9.46. The molecule has 5 rings (SSSR count). The topological polar surface area (TPSA) is 52.9 Å². The predicted molar refractivity (Wildman–Crippen MR) is 88.8 cm³/mol. The number of ketones is 1. The molecule has 1 aromatic carbocycles. The zero-order valence-electron chi connectivity index (χ0n) is 13.6. The van der Waals surface area contributed by atoms with E-state index in [1.165, 1.54) is 38.5 Å². The van der Waals surface area contributed by atoms with E-state index in [2.05, 4.69) is 11.4 Å². The predicted octanol–water partition coefficient (Wildman–Crippen LogP) is 3.23. The van der Waals surface area contributed by atoms with Gasteiger partial charge in [-0.3, -0.25) is 4.79 Å². The molecule has 4 fully saturated rings. The molecule has 4 saturated carbocycles. The van der Waals surface area contributed by atoms with Gasteiger partial charge >= 0.3 is 0 Å². The fraction of sp³-hybridized carbons (Fsp3) is 0.600. The molecule has 3 nitrogen and oxygen atoms in total. The highest BCUT2D eigenvalue weighted by atomic mass is 16.1. The van der Waals surface area contributed by atoms with E-state index in [1.54, 1.807) is 12.1 Å². The molecule has 0 unspecified atom stereocenters. The van der Waals surface area contributed by atoms with E-state index in [-0.39, 0.29) is 11.3 Å². The van der Waals surface area contributed by atoms with E-state index < -0.39 is 0 Å². The summed E-state index contributed by atoms with van der Waals surface area (Å²) in [4.78, 5) is 12.3. The van der Waals surface area contributed by atoms with Gasteiger partial charge in [0.05, 0.1) is 18.2 Å². The zero-order valence-corrected chi connectivity index (χ0v) is 13.6. The summed E-state index contributed by atoms with van der Waals surface area (Å²) in [5.74, 6) is 2.97. The van der Waals surface area contributed by atoms with Crippen LogP contribution in [0.25, 0.3) is 0 Å². The standard InChI is InChI=1S/C20H24N2O/c21-12-15-3-1-14(2-4-15)8-19(23)13-22-20-9-16-5-17(10-20)7-18(6-16)11-20/h1-4,16-18,22H,5-11,13H2. The SMILES string of the molecule is N#Cc1ccc(CC(=O)CNC23CC4CC(CC(C4)C2)C3)cc1. The number of carbonyl (C=O) groups is 1. The minimum Gasteiger partial charge on any atom is -0.304 e. The van der Waals surface area contributed by atoms with Crippen LogP contribution in [0.3, 0.4) is 0 Å². The number of Topliss-reactive ketones (excluding diaryl/α,β-unsaturated/α-hetero) is 1. The number of nitriles is 1. The molecule has 4 aliphatic rings. The highest BCUT2D eigenvalue weighted by molar-refractivity contribution is 5.82. The van der Waals surface area contributed by atoms with Crippen molar-refractivity contribution in [3.05, 3.63) is 35.4 Å². The van der Waals surface area contributed by atoms with Gasteiger partial charge in [-0.2, -0.15) is 5.26 Å². The third-order valence-corrected chi connectivity index (χ3v) is 6.18. The summed E-state index contributed by atoms with van der Waals surface area (Å²) in [5.41, 5.74) is 1.91. The summed E-state index contributed by atoms with van der Waals surface area (Å²) in [6.45, 7) is 0.492. The Kier molecular flexibility index (Phi) is 3.73. The van der Waals surface area contributed by atoms with Gasteiger partial charge in [0, 0.05) is 12.0 Å². The molecule has 1 N–H and O–H groups in total. The van der Waals surface area contributed by atoms with Crippen molar-refractivity contribution in [2.24, 2.45) is 17.8 Å². The molecule has 0 amide bonds. The lowest BCUT2D eigenvalue weighted by Gasteiger charge is -2.57. The van der Waals surface area contributed by atoms with Gasteiger partial charge in [0.25, 0.3) is 0 Å². The van der Waals surface area contributed by atoms with E-state index in [0.29, 0.717) is 18.5 Å². The fourth-order valence-electron chi connectivity index (χ4n) is 5.60. The van der Waals surface area contributed by atoms with Crippen molar-refractivity contribution in [3.63, 3.8) is 0 Å². The van der Waals surface area contributed by atoms with Gasteiger partial charge < -0.3 is 5.32 Å². The highest BCUT2D eigenvalue weighted by Gasteiger charge is 2.50. The van der Waals surface area contributed by atoms with Crippen LogP contribution in [-0.2, 0) is 11.2 Å². The number of hydrogen-bond donors (Lipinski definition) is 1. The summed E-state index contributed by atoms with van der Waals surface area (Å²) in [5, 5.41) is 12.5. The molecule has 0 aliphatic heterocycles. The number of hydrogen-bond acceptors (Lipinski definition) is 3. The lowest BCUT2D eigenvalue weighted by Crippen LogP contribution is -2.59. The molecule has 0 saturated heterocycles. The van der Waals surface area contributed by atoms with Crippen LogP contribution >= 0.6 is 0 Å². The van der Waals surface area contributed by atoms with Crippen LogP contribution in [0.4, 0.5) is 0 Å². The minimum absolute atomic E-state index is 0.255. The first-order chi connectivity index (χ1) is 11.1. The second-order valence-corrected chi connectivity index (χ2v) is 8.08. The molecule has 4 bridgehead atoms. The summed E-state index contributed by atoms with van der Waals surface area (Å²) < 4.78 is 0. The molecule has 23 heavy (non-hydrogen) atoms. The van der Waals surface area contributed by atoms with E-state index >= 15 is 0 Å². The largest absolute Gasteiger partial charge is 0.304 e. The third-order valence-electron chi connectivity index (χ3n) is 6.18. The van der Waals surface area contributed by atoms with Gasteiger partial charge in [0.2, 0.25) is 0 Å². The lowest BCUT2D eigenvalue weighted by molar-refractivity contribution is -0.118. The fourth-order valence-corrected chi connectivity index (χ4v) is 5.60. The molecule has 0 atom stereocenters. The molecule has 1 aromatic rings. The van der Waals surface area contributed by atoms with Crippen molar-refractivity contribution >= 4 is 5.78 Å². The molecule has 120 valence electrons. The molecule has 4 aliphatic carbocycles. The van der Waals surface area contributed by atoms with Crippen molar-refractivity contribution in [1.82, 2.24) is 5.32 Å². The molecular formula is C20H24N2O. The quantitative estimate of drug-likeness (QED) is 0.908. The van der Waals surface area contributed by atoms with E-state index in [1.807, 2.05) is 12.1 Å². The summed E-state index contributed by atoms with van der Waals surface area (Å²) in [7, 11) is 0. The Morgan fingerprint density at radius 2 is 1.65 bits per heavy atom. The Bertz CT molecular complexity index is 605. The van der Waals surface area contributed by atoms with E-state index in [9.17, 15) is 4.79 Å². The van der Waals surface area contributed by atoms with Crippen LogP contribution in [0.5, 0.6) is 0 Å². The molecule has 0 spiro atoms. The minimum atomic E-state index is 0.255. The number of nitrogens with zero attached hydrogens (tertiary/aromatic N) is 1. The smallest absolute Gasteiger partial charge is 0.150 e. The number of benzene rings is 1. The van der Waals surface area contributed by atoms with E-state index in [0.717, 1.165) is 23.3 Å². The Morgan fingerprint density at radius 1 is 1.09 bits per heavy atom. The van der Waals surface area contributed by atoms with E-state index in [4.69, 9.17) is 5.26 Å². The lowest BCUT2D eigenvalue weighted by atomic mass is 9.53. The maximum absolute atomic E-state index is 12.3. The second kappa shape index (κ2) is 5.76. The van der Waals surface area contributed by atoms with Gasteiger partial charge in [-0.15, -0.1) is 0 Å². The number of nitrogens with one attached hydrogen (secondary N) is 1. The summed E-state index contributed by atoms with van der Waals surface area (Å²) in [6.07, 6.45) is 8.60. The van der Waals surface area contributed by atoms with Crippen LogP contribution in [0.1, 0.15) is 49.7 Å². The first-order valence-corrected chi connectivity index (χ1v) is 8.90. The Balaban J connectivity index is 1.34. The molecule has 0 radical (unpaired) electrons. The van der Waals surface area contributed by atoms with Crippen molar-refractivity contribution in [1.29, 1.82) is 5.26 Å². The van der Waals surface area contributed by atoms with Crippen LogP contribution in [-0.4, -0.2) is 17.9 Å². The molecular weight excluding hydrogens is 284 g/mol. The van der Waals surface area contributed by atoms with Crippen molar-refractivity contribution in [2.45, 2.75) is 50.5 Å². The first kappa shape index (κ1) is 14.9. The van der Waals surface area contributed by atoms with Crippen LogP contribution < -0.4 is 5.32 Å². The monoisotopic (exact) mass is 308 g/mol. The van der Waals surface area contributed by atoms with Crippen LogP contribution in [0.15, 0.2) is 24.3 Å². The third kappa shape index (κ3) is 3.05. The van der Waals surface area contributed by atoms with Crippen LogP contribution in [0.2, 0.25) is 0 Å². The van der Waals surface area contributed by atoms with Gasteiger partial charge in [-0.1, -0.05) is 12.1 Å². The Morgan fingerprint density at radius 3 is 2.17 bits per heavy atom. The molecule has 3 heteroatoms. The Labute approximate surface area is 138 Å². The zero-order chi connectivity index (χ0) is 15.9. The molecule has 0 heterocycles. The Hall–Kier alpha value is -1.66. The normalized spacial score (nSPS) is 34.3. The average Bonchev–Trinajstić information content (AvgIpc) is 2.53. The van der Waals surface area contributed by atoms with Crippen molar-refractivity contribution < 1.29 is 4.79 Å². The van der Waals surface area contributed by atoms with Gasteiger partial charge in [0.1, 0.15) is 0 Å². The van der Waals surface area contributed by atoms with Crippen LogP contribution in [0, 0.1) is 29.1 Å².